The van der Waals surface area contributed by atoms with Gasteiger partial charge in [-0.3, -0.25) is 19.9 Å². The van der Waals surface area contributed by atoms with Crippen molar-refractivity contribution in [2.24, 2.45) is 0 Å². The molecule has 0 aliphatic rings. The Balaban J connectivity index is 0.000000411. The quantitative estimate of drug-likeness (QED) is 0.0599. The molecule has 0 unspecified atom stereocenters. The molecule has 6 heteroatoms. The van der Waals surface area contributed by atoms with E-state index >= 15 is 0 Å². The van der Waals surface area contributed by atoms with Crippen molar-refractivity contribution in [2.75, 3.05) is 6.61 Å². The van der Waals surface area contributed by atoms with Crippen LogP contribution in [0.15, 0.2) is 79.4 Å². The van der Waals surface area contributed by atoms with Crippen LogP contribution in [-0.4, -0.2) is 26.5 Å². The van der Waals surface area contributed by atoms with E-state index in [0.717, 1.165) is 48.0 Å². The van der Waals surface area contributed by atoms with E-state index in [2.05, 4.69) is 39.8 Å². The Bertz CT molecular complexity index is 1150. The molecule has 0 saturated carbocycles. The molecule has 0 atom stereocenters. The maximum absolute atomic E-state index is 5.87. The van der Waals surface area contributed by atoms with Crippen molar-refractivity contribution in [2.45, 2.75) is 104 Å². The topological polar surface area (TPSA) is 60.8 Å². The minimum absolute atomic E-state index is 0. The molecule has 0 aliphatic carbocycles. The number of nitrogens with zero attached hydrogens (tertiary/aromatic N) is 4. The van der Waals surface area contributed by atoms with Crippen molar-refractivity contribution >= 4 is 0 Å². The Kier molecular flexibility index (Phi) is 19.8. The molecule has 4 aromatic rings. The van der Waals surface area contributed by atoms with E-state index in [1.54, 1.807) is 12.4 Å². The van der Waals surface area contributed by atoms with Crippen LogP contribution in [0.25, 0.3) is 22.8 Å². The van der Waals surface area contributed by atoms with Crippen molar-refractivity contribution in [1.29, 1.82) is 0 Å². The number of aryl methyl sites for hydroxylation is 1. The second-order valence-corrected chi connectivity index (χ2v) is 10.8. The summed E-state index contributed by atoms with van der Waals surface area (Å²) >= 11 is 0. The third kappa shape index (κ3) is 15.4. The van der Waals surface area contributed by atoms with Crippen molar-refractivity contribution in [3.63, 3.8) is 0 Å². The summed E-state index contributed by atoms with van der Waals surface area (Å²) < 4.78 is 5.87. The summed E-state index contributed by atoms with van der Waals surface area (Å²) in [6.07, 6.45) is 25.6. The van der Waals surface area contributed by atoms with E-state index in [9.17, 15) is 0 Å². The number of aromatic nitrogens is 4. The summed E-state index contributed by atoms with van der Waals surface area (Å²) in [5, 5.41) is 0. The molecule has 3 aromatic heterocycles. The van der Waals surface area contributed by atoms with Crippen LogP contribution in [0.5, 0.6) is 5.75 Å². The largest absolute Gasteiger partial charge is 0.537 e. The average Bonchev–Trinajstić information content (AvgIpc) is 3.06. The van der Waals surface area contributed by atoms with Gasteiger partial charge >= 0.3 is 0 Å². The maximum atomic E-state index is 5.87. The molecule has 0 radical (unpaired) electrons. The number of hydrogen-bond donors (Lipinski definition) is 0. The molecule has 4 rings (SSSR count). The van der Waals surface area contributed by atoms with Gasteiger partial charge in [0.1, 0.15) is 0 Å². The van der Waals surface area contributed by atoms with Crippen molar-refractivity contribution in [1.82, 2.24) is 19.9 Å². The average molecular weight is 672 g/mol. The number of ether oxygens (including phenoxy) is 1. The first-order valence-corrected chi connectivity index (χ1v) is 16.1. The Morgan fingerprint density at radius 2 is 1.16 bits per heavy atom. The summed E-state index contributed by atoms with van der Waals surface area (Å²) in [4.78, 5) is 17.4. The molecule has 0 aliphatic heterocycles. The Hall–Kier alpha value is -2.94. The Morgan fingerprint density at radius 1 is 0.605 bits per heavy atom. The Morgan fingerprint density at radius 3 is 1.67 bits per heavy atom. The molecule has 0 saturated heterocycles. The predicted octanol–water partition coefficient (Wildman–Crippen LogP) is 10.1. The summed E-state index contributed by atoms with van der Waals surface area (Å²) in [5.74, 6) is 1.61. The van der Waals surface area contributed by atoms with Crippen LogP contribution >= 0.6 is 0 Å². The van der Waals surface area contributed by atoms with Gasteiger partial charge in [0.15, 0.2) is 0 Å². The summed E-state index contributed by atoms with van der Waals surface area (Å²) in [7, 11) is 0. The van der Waals surface area contributed by atoms with Crippen LogP contribution < -0.4 is 4.74 Å². The third-order valence-corrected chi connectivity index (χ3v) is 7.16. The standard InChI is InChI=1S/C27H41N2O.C10H8N2.Pd/c1-3-5-7-9-10-11-12-13-15-21-30-26-19-17-25(18-20-26)27-28-22-24(23-29-27)16-14-8-6-4-2;1-3-7-11-9(5-1)10-6-2-4-8-12-10;/h17,19-20,22-23H,3-16,21H2,1-2H3;1-8H;/q-1;;. The molecule has 3 heterocycles. The second-order valence-electron chi connectivity index (χ2n) is 10.8. The van der Waals surface area contributed by atoms with Crippen LogP contribution in [0.4, 0.5) is 0 Å². The van der Waals surface area contributed by atoms with Gasteiger partial charge in [0.25, 0.3) is 0 Å². The minimum atomic E-state index is 0. The first-order valence-electron chi connectivity index (χ1n) is 16.1. The minimum Gasteiger partial charge on any atom is -0.537 e. The summed E-state index contributed by atoms with van der Waals surface area (Å²) in [6.45, 7) is 5.29. The van der Waals surface area contributed by atoms with Gasteiger partial charge < -0.3 is 4.74 Å². The van der Waals surface area contributed by atoms with Gasteiger partial charge in [-0.1, -0.05) is 96.6 Å². The van der Waals surface area contributed by atoms with E-state index in [4.69, 9.17) is 4.74 Å². The van der Waals surface area contributed by atoms with Gasteiger partial charge in [-0.2, -0.15) is 0 Å². The van der Waals surface area contributed by atoms with E-state index in [1.807, 2.05) is 67.0 Å². The number of unbranched alkanes of at least 4 members (excludes halogenated alkanes) is 11. The molecule has 0 amide bonds. The van der Waals surface area contributed by atoms with Crippen LogP contribution in [0, 0.1) is 6.07 Å². The first kappa shape index (κ1) is 36.3. The van der Waals surface area contributed by atoms with Gasteiger partial charge in [0.2, 0.25) is 0 Å². The molecule has 0 bridgehead atoms. The normalized spacial score (nSPS) is 10.4. The molecule has 1 aromatic carbocycles. The van der Waals surface area contributed by atoms with E-state index in [-0.39, 0.29) is 20.4 Å². The van der Waals surface area contributed by atoms with Crippen molar-refractivity contribution in [3.05, 3.63) is 91.0 Å². The zero-order valence-corrected chi connectivity index (χ0v) is 27.7. The third-order valence-electron chi connectivity index (χ3n) is 7.16. The molecule has 0 spiro atoms. The molecular weight excluding hydrogens is 623 g/mol. The van der Waals surface area contributed by atoms with Gasteiger partial charge in [-0.05, 0) is 49.1 Å². The SMILES string of the molecule is CCCCCCCCCCCOc1c[c-]c(-c2ncc(CCCCCC)cn2)cc1.[Pd].c1ccc(-c2ccccn2)nc1. The van der Waals surface area contributed by atoms with Crippen LogP contribution in [0.1, 0.15) is 103 Å². The fraction of sp³-hybridized carbons (Fsp3) is 0.459. The van der Waals surface area contributed by atoms with Gasteiger partial charge in [0, 0.05) is 51.0 Å². The predicted molar refractivity (Wildman–Crippen MR) is 174 cm³/mol. The molecule has 234 valence electrons. The smallest absolute Gasteiger partial charge is 0.0886 e. The van der Waals surface area contributed by atoms with Crippen molar-refractivity contribution < 1.29 is 25.2 Å². The van der Waals surface area contributed by atoms with E-state index in [0.29, 0.717) is 0 Å². The first-order chi connectivity index (χ1) is 20.8. The Labute approximate surface area is 274 Å². The summed E-state index contributed by atoms with van der Waals surface area (Å²) in [6, 6.07) is 20.8. The second kappa shape index (κ2) is 23.5. The zero-order valence-electron chi connectivity index (χ0n) is 26.1. The number of pyridine rings is 2. The van der Waals surface area contributed by atoms with E-state index < -0.39 is 0 Å². The zero-order chi connectivity index (χ0) is 29.5. The number of rotatable bonds is 18. The van der Waals surface area contributed by atoms with Gasteiger partial charge in [0.05, 0.1) is 23.8 Å². The fourth-order valence-corrected chi connectivity index (χ4v) is 4.65. The van der Waals surface area contributed by atoms with Crippen LogP contribution in [0.3, 0.4) is 0 Å². The number of hydrogen-bond acceptors (Lipinski definition) is 5. The molecule has 0 fully saturated rings. The molecule has 43 heavy (non-hydrogen) atoms. The summed E-state index contributed by atoms with van der Waals surface area (Å²) in [5.41, 5.74) is 3.97. The number of benzene rings is 1. The van der Waals surface area contributed by atoms with Crippen molar-refractivity contribution in [3.8, 4) is 28.5 Å². The van der Waals surface area contributed by atoms with Gasteiger partial charge in [-0.15, -0.1) is 29.8 Å². The molecular formula is C37H49N4OPd-. The van der Waals surface area contributed by atoms with Gasteiger partial charge in [-0.25, -0.2) is 0 Å². The van der Waals surface area contributed by atoms with Crippen LogP contribution in [0.2, 0.25) is 0 Å². The van der Waals surface area contributed by atoms with E-state index in [1.165, 1.54) is 82.6 Å². The molecule has 0 N–H and O–H groups in total. The maximum Gasteiger partial charge on any atom is 0.0886 e. The van der Waals surface area contributed by atoms with Crippen LogP contribution in [-0.2, 0) is 26.8 Å². The molecule has 5 nitrogen and oxygen atoms in total. The fourth-order valence-electron chi connectivity index (χ4n) is 4.65. The monoisotopic (exact) mass is 671 g/mol.